The van der Waals surface area contributed by atoms with E-state index in [4.69, 9.17) is 4.74 Å². The summed E-state index contributed by atoms with van der Waals surface area (Å²) >= 11 is 0. The van der Waals surface area contributed by atoms with Gasteiger partial charge in [0.15, 0.2) is 0 Å². The summed E-state index contributed by atoms with van der Waals surface area (Å²) in [4.78, 5) is 14.6. The molecule has 3 fully saturated rings. The van der Waals surface area contributed by atoms with Crippen LogP contribution in [0.1, 0.15) is 52.4 Å². The molecule has 3 aliphatic rings. The fraction of sp³-hybridized carbons (Fsp3) is 0.929. The number of rotatable bonds is 0. The Morgan fingerprint density at radius 3 is 2.71 bits per heavy atom. The highest BCUT2D eigenvalue weighted by molar-refractivity contribution is 5.83. The fourth-order valence-electron chi connectivity index (χ4n) is 4.27. The molecule has 2 aliphatic heterocycles. The maximum Gasteiger partial charge on any atom is 0.228 e. The van der Waals surface area contributed by atoms with Gasteiger partial charge < -0.3 is 9.64 Å². The second kappa shape index (κ2) is 3.98. The Morgan fingerprint density at radius 2 is 1.94 bits per heavy atom. The van der Waals surface area contributed by atoms with Gasteiger partial charge in [-0.2, -0.15) is 0 Å². The number of amides is 1. The van der Waals surface area contributed by atoms with Crippen molar-refractivity contribution in [1.82, 2.24) is 4.90 Å². The molecule has 0 spiro atoms. The average molecular weight is 237 g/mol. The van der Waals surface area contributed by atoms with Crippen LogP contribution in [0.15, 0.2) is 0 Å². The summed E-state index contributed by atoms with van der Waals surface area (Å²) in [7, 11) is 0. The van der Waals surface area contributed by atoms with E-state index in [0.29, 0.717) is 11.8 Å². The first-order valence-corrected chi connectivity index (χ1v) is 7.09. The molecule has 4 atom stereocenters. The Bertz CT molecular complexity index is 330. The summed E-state index contributed by atoms with van der Waals surface area (Å²) < 4.78 is 5.72. The number of ether oxygens (including phenoxy) is 1. The average Bonchev–Trinajstić information content (AvgIpc) is 2.63. The smallest absolute Gasteiger partial charge is 0.228 e. The van der Waals surface area contributed by atoms with E-state index in [9.17, 15) is 4.79 Å². The highest BCUT2D eigenvalue weighted by atomic mass is 16.5. The molecule has 96 valence electrons. The molecule has 3 heteroatoms. The van der Waals surface area contributed by atoms with Crippen molar-refractivity contribution in [2.45, 2.75) is 64.1 Å². The van der Waals surface area contributed by atoms with Crippen LogP contribution in [0.2, 0.25) is 0 Å². The molecule has 3 nitrogen and oxygen atoms in total. The minimum Gasteiger partial charge on any atom is -0.356 e. The number of carbonyl (C=O) groups excluding carboxylic acids is 1. The predicted molar refractivity (Wildman–Crippen MR) is 65.3 cm³/mol. The van der Waals surface area contributed by atoms with Crippen molar-refractivity contribution in [1.29, 1.82) is 0 Å². The monoisotopic (exact) mass is 237 g/mol. The van der Waals surface area contributed by atoms with Crippen LogP contribution in [0.25, 0.3) is 0 Å². The second-order valence-electron chi connectivity index (χ2n) is 6.18. The van der Waals surface area contributed by atoms with Gasteiger partial charge in [-0.05, 0) is 32.6 Å². The molecule has 3 rings (SSSR count). The van der Waals surface area contributed by atoms with Gasteiger partial charge in [0.2, 0.25) is 5.91 Å². The third-order valence-corrected chi connectivity index (χ3v) is 5.15. The molecule has 2 heterocycles. The number of hydrogen-bond donors (Lipinski definition) is 0. The Kier molecular flexibility index (Phi) is 2.69. The number of nitrogens with zero attached hydrogens (tertiary/aromatic N) is 1. The van der Waals surface area contributed by atoms with E-state index in [1.54, 1.807) is 0 Å². The minimum absolute atomic E-state index is 0.0132. The van der Waals surface area contributed by atoms with E-state index in [0.717, 1.165) is 13.0 Å². The topological polar surface area (TPSA) is 29.5 Å². The quantitative estimate of drug-likeness (QED) is 0.648. The zero-order chi connectivity index (χ0) is 12.0. The second-order valence-corrected chi connectivity index (χ2v) is 6.18. The van der Waals surface area contributed by atoms with Crippen molar-refractivity contribution < 1.29 is 9.53 Å². The molecule has 2 saturated heterocycles. The molecule has 0 aromatic carbocycles. The van der Waals surface area contributed by atoms with Crippen LogP contribution >= 0.6 is 0 Å². The van der Waals surface area contributed by atoms with Crippen LogP contribution in [-0.2, 0) is 9.53 Å². The zero-order valence-corrected chi connectivity index (χ0v) is 10.9. The highest BCUT2D eigenvalue weighted by Gasteiger charge is 2.59. The van der Waals surface area contributed by atoms with Gasteiger partial charge in [0.05, 0.1) is 12.1 Å². The Hall–Kier alpha value is -0.570. The van der Waals surface area contributed by atoms with Crippen molar-refractivity contribution in [3.8, 4) is 0 Å². The van der Waals surface area contributed by atoms with Gasteiger partial charge in [-0.1, -0.05) is 25.7 Å². The first-order chi connectivity index (χ1) is 8.14. The van der Waals surface area contributed by atoms with Crippen LogP contribution in [0.5, 0.6) is 0 Å². The number of fused-ring (bicyclic) bond motifs is 3. The standard InChI is InChI=1S/C14H23NO2/c1-10-15-13(16)11-7-5-3-4-6-8-12(11)14(15,2)9-17-10/h10-12H,3-9H2,1-2H3/t10-,11?,12?,14-/m0/s1. The lowest BCUT2D eigenvalue weighted by atomic mass is 9.75. The lowest BCUT2D eigenvalue weighted by Crippen LogP contribution is -2.45. The number of hydrogen-bond acceptors (Lipinski definition) is 2. The Morgan fingerprint density at radius 1 is 1.24 bits per heavy atom. The Labute approximate surface area is 104 Å². The van der Waals surface area contributed by atoms with E-state index >= 15 is 0 Å². The van der Waals surface area contributed by atoms with Crippen molar-refractivity contribution in [2.75, 3.05) is 6.61 Å². The van der Waals surface area contributed by atoms with Gasteiger partial charge in [0, 0.05) is 5.92 Å². The fourth-order valence-corrected chi connectivity index (χ4v) is 4.27. The normalized spacial score (nSPS) is 46.4. The number of carbonyl (C=O) groups is 1. The maximum atomic E-state index is 12.5. The van der Waals surface area contributed by atoms with E-state index in [1.807, 2.05) is 11.8 Å². The van der Waals surface area contributed by atoms with E-state index < -0.39 is 0 Å². The van der Waals surface area contributed by atoms with Crippen LogP contribution < -0.4 is 0 Å². The van der Waals surface area contributed by atoms with E-state index in [1.165, 1.54) is 32.1 Å². The van der Waals surface area contributed by atoms with Crippen molar-refractivity contribution >= 4 is 5.91 Å². The van der Waals surface area contributed by atoms with Gasteiger partial charge in [-0.3, -0.25) is 4.79 Å². The lowest BCUT2D eigenvalue weighted by Gasteiger charge is -2.33. The summed E-state index contributed by atoms with van der Waals surface area (Å²) in [6, 6.07) is 0. The summed E-state index contributed by atoms with van der Waals surface area (Å²) in [6.45, 7) is 4.99. The lowest BCUT2D eigenvalue weighted by molar-refractivity contribution is -0.137. The van der Waals surface area contributed by atoms with Crippen LogP contribution in [0.4, 0.5) is 0 Å². The molecule has 1 amide bonds. The third-order valence-electron chi connectivity index (χ3n) is 5.15. The first-order valence-electron chi connectivity index (χ1n) is 7.09. The van der Waals surface area contributed by atoms with Crippen molar-refractivity contribution in [3.63, 3.8) is 0 Å². The molecular formula is C14H23NO2. The van der Waals surface area contributed by atoms with Crippen molar-refractivity contribution in [2.24, 2.45) is 11.8 Å². The highest BCUT2D eigenvalue weighted by Crippen LogP contribution is 2.49. The molecule has 17 heavy (non-hydrogen) atoms. The summed E-state index contributed by atoms with van der Waals surface area (Å²) in [5.41, 5.74) is -0.0154. The third kappa shape index (κ3) is 1.55. The first kappa shape index (κ1) is 11.5. The summed E-state index contributed by atoms with van der Waals surface area (Å²) in [6.07, 6.45) is 7.45. The zero-order valence-electron chi connectivity index (χ0n) is 10.9. The van der Waals surface area contributed by atoms with Gasteiger partial charge in [0.1, 0.15) is 6.23 Å². The summed E-state index contributed by atoms with van der Waals surface area (Å²) in [5, 5.41) is 0. The maximum absolute atomic E-state index is 12.5. The molecule has 0 N–H and O–H groups in total. The van der Waals surface area contributed by atoms with Gasteiger partial charge in [0.25, 0.3) is 0 Å². The molecule has 1 saturated carbocycles. The molecular weight excluding hydrogens is 214 g/mol. The molecule has 0 aromatic heterocycles. The van der Waals surface area contributed by atoms with Crippen LogP contribution in [-0.4, -0.2) is 29.2 Å². The molecule has 1 aliphatic carbocycles. The Balaban J connectivity index is 1.92. The van der Waals surface area contributed by atoms with E-state index in [-0.39, 0.29) is 17.7 Å². The van der Waals surface area contributed by atoms with E-state index in [2.05, 4.69) is 6.92 Å². The van der Waals surface area contributed by atoms with Crippen LogP contribution in [0.3, 0.4) is 0 Å². The van der Waals surface area contributed by atoms with Crippen LogP contribution in [0, 0.1) is 11.8 Å². The molecule has 0 bridgehead atoms. The SMILES string of the molecule is C[C@@H]1OC[C@@]2(C)C3CCCCCCC3C(=O)N12. The van der Waals surface area contributed by atoms with Crippen molar-refractivity contribution in [3.05, 3.63) is 0 Å². The molecule has 2 unspecified atom stereocenters. The molecule has 0 aromatic rings. The molecule has 0 radical (unpaired) electrons. The van der Waals surface area contributed by atoms with Gasteiger partial charge in [-0.15, -0.1) is 0 Å². The largest absolute Gasteiger partial charge is 0.356 e. The van der Waals surface area contributed by atoms with Gasteiger partial charge >= 0.3 is 0 Å². The van der Waals surface area contributed by atoms with Gasteiger partial charge in [-0.25, -0.2) is 0 Å². The minimum atomic E-state index is -0.0154. The summed E-state index contributed by atoms with van der Waals surface area (Å²) in [5.74, 6) is 1.18. The predicted octanol–water partition coefficient (Wildman–Crippen LogP) is 2.55.